The summed E-state index contributed by atoms with van der Waals surface area (Å²) in [7, 11) is 1.68. The van der Waals surface area contributed by atoms with Gasteiger partial charge in [0.05, 0.1) is 12.4 Å². The molecule has 4 aromatic rings. The normalized spacial score (nSPS) is 11.1. The van der Waals surface area contributed by atoms with Gasteiger partial charge in [0.25, 0.3) is 5.56 Å². The Hall–Kier alpha value is -3.82. The molecule has 0 saturated heterocycles. The summed E-state index contributed by atoms with van der Waals surface area (Å²) < 4.78 is 18.5. The Morgan fingerprint density at radius 2 is 2.07 bits per heavy atom. The third-order valence-electron chi connectivity index (χ3n) is 4.22. The molecular weight excluding hydrogens is 365 g/mol. The molecule has 0 unspecified atom stereocenters. The van der Waals surface area contributed by atoms with Crippen molar-refractivity contribution in [2.24, 2.45) is 7.05 Å². The fourth-order valence-electron chi connectivity index (χ4n) is 2.85. The molecule has 1 N–H and O–H groups in total. The summed E-state index contributed by atoms with van der Waals surface area (Å²) in [5, 5.41) is 10.9. The van der Waals surface area contributed by atoms with Gasteiger partial charge in [-0.3, -0.25) is 18.8 Å². The van der Waals surface area contributed by atoms with E-state index in [2.05, 4.69) is 20.5 Å². The summed E-state index contributed by atoms with van der Waals surface area (Å²) >= 11 is 0. The maximum absolute atomic E-state index is 14.4. The van der Waals surface area contributed by atoms with Crippen molar-refractivity contribution in [2.75, 3.05) is 5.32 Å². The number of carbonyl (C=O) groups is 1. The van der Waals surface area contributed by atoms with Gasteiger partial charge in [-0.2, -0.15) is 10.2 Å². The van der Waals surface area contributed by atoms with Crippen molar-refractivity contribution in [2.45, 2.75) is 13.5 Å². The lowest BCUT2D eigenvalue weighted by Crippen LogP contribution is -2.27. The summed E-state index contributed by atoms with van der Waals surface area (Å²) in [4.78, 5) is 28.8. The Labute approximate surface area is 158 Å². The monoisotopic (exact) mass is 381 g/mol. The summed E-state index contributed by atoms with van der Waals surface area (Å²) in [6, 6.07) is 4.29. The summed E-state index contributed by atoms with van der Waals surface area (Å²) in [6.07, 6.45) is 6.02. The molecular formula is C18H16FN7O2. The molecule has 0 fully saturated rings. The number of aromatic nitrogens is 6. The van der Waals surface area contributed by atoms with Crippen LogP contribution in [-0.2, 0) is 18.4 Å². The van der Waals surface area contributed by atoms with Crippen LogP contribution in [0, 0.1) is 12.7 Å². The zero-order chi connectivity index (χ0) is 19.8. The molecule has 0 bridgehead atoms. The summed E-state index contributed by atoms with van der Waals surface area (Å²) in [5.74, 6) is -1.01. The maximum atomic E-state index is 14.4. The predicted octanol–water partition coefficient (Wildman–Crippen LogP) is 1.40. The number of rotatable bonds is 4. The van der Waals surface area contributed by atoms with Crippen molar-refractivity contribution < 1.29 is 9.18 Å². The Balaban J connectivity index is 1.52. The number of hydrogen-bond donors (Lipinski definition) is 1. The molecule has 0 radical (unpaired) electrons. The minimum Gasteiger partial charge on any atom is -0.324 e. The topological polar surface area (TPSA) is 99.6 Å². The van der Waals surface area contributed by atoms with E-state index in [0.29, 0.717) is 11.0 Å². The fraction of sp³-hybridized carbons (Fsp3) is 0.167. The van der Waals surface area contributed by atoms with Gasteiger partial charge < -0.3 is 5.32 Å². The van der Waals surface area contributed by atoms with Gasteiger partial charge in [0, 0.05) is 18.9 Å². The van der Waals surface area contributed by atoms with Crippen LogP contribution < -0.4 is 10.9 Å². The van der Waals surface area contributed by atoms with Crippen LogP contribution in [-0.4, -0.2) is 35.0 Å². The lowest BCUT2D eigenvalue weighted by atomic mass is 10.2. The first-order chi connectivity index (χ1) is 13.4. The van der Waals surface area contributed by atoms with Crippen molar-refractivity contribution in [1.29, 1.82) is 0 Å². The average molecular weight is 381 g/mol. The van der Waals surface area contributed by atoms with E-state index in [1.807, 2.05) is 6.92 Å². The molecule has 9 nitrogen and oxygen atoms in total. The fourth-order valence-corrected chi connectivity index (χ4v) is 2.85. The third kappa shape index (κ3) is 3.15. The number of nitrogens with one attached hydrogen (secondary N) is 1. The highest BCUT2D eigenvalue weighted by Gasteiger charge is 2.12. The van der Waals surface area contributed by atoms with E-state index >= 15 is 0 Å². The number of fused-ring (bicyclic) bond motifs is 1. The predicted molar refractivity (Wildman–Crippen MR) is 99.7 cm³/mol. The maximum Gasteiger partial charge on any atom is 0.264 e. The number of halogens is 1. The van der Waals surface area contributed by atoms with Crippen molar-refractivity contribution in [1.82, 2.24) is 29.1 Å². The van der Waals surface area contributed by atoms with Crippen LogP contribution >= 0.6 is 0 Å². The zero-order valence-electron chi connectivity index (χ0n) is 15.1. The first kappa shape index (κ1) is 17.6. The molecule has 0 aliphatic rings. The number of nitrogens with zero attached hydrogens (tertiary/aromatic N) is 6. The molecule has 10 heteroatoms. The van der Waals surface area contributed by atoms with Crippen LogP contribution in [0.1, 0.15) is 5.56 Å². The van der Waals surface area contributed by atoms with E-state index in [1.54, 1.807) is 25.5 Å². The molecule has 0 spiro atoms. The number of carbonyl (C=O) groups excluding carboxylic acids is 1. The molecule has 3 heterocycles. The molecule has 0 atom stereocenters. The first-order valence-electron chi connectivity index (χ1n) is 8.40. The molecule has 1 aromatic carbocycles. The van der Waals surface area contributed by atoms with Crippen molar-refractivity contribution in [3.05, 3.63) is 64.9 Å². The molecule has 4 rings (SSSR count). The van der Waals surface area contributed by atoms with Crippen LogP contribution in [0.5, 0.6) is 0 Å². The molecule has 142 valence electrons. The van der Waals surface area contributed by atoms with Gasteiger partial charge >= 0.3 is 0 Å². The van der Waals surface area contributed by atoms with Gasteiger partial charge in [0.1, 0.15) is 23.9 Å². The molecule has 28 heavy (non-hydrogen) atoms. The van der Waals surface area contributed by atoms with Gasteiger partial charge in [0.15, 0.2) is 11.5 Å². The smallest absolute Gasteiger partial charge is 0.264 e. The van der Waals surface area contributed by atoms with Crippen LogP contribution in [0.2, 0.25) is 0 Å². The summed E-state index contributed by atoms with van der Waals surface area (Å²) in [5.41, 5.74) is 1.52. The van der Waals surface area contributed by atoms with E-state index < -0.39 is 11.7 Å². The van der Waals surface area contributed by atoms with E-state index in [4.69, 9.17) is 0 Å². The standard InChI is InChI=1S/C18H16FN7O2/c1-11-6-22-26(8-11)15-4-3-12(5-14(15)19)23-16(27)9-25-10-20-17-13(18(25)28)7-21-24(17)2/h3-8,10H,9H2,1-2H3,(H,23,27). The minimum absolute atomic E-state index is 0.252. The van der Waals surface area contributed by atoms with Gasteiger partial charge in [-0.15, -0.1) is 0 Å². The van der Waals surface area contributed by atoms with Crippen LogP contribution in [0.15, 0.2) is 47.9 Å². The number of aryl methyl sites for hydroxylation is 2. The van der Waals surface area contributed by atoms with Crippen LogP contribution in [0.25, 0.3) is 16.7 Å². The Kier molecular flexibility index (Phi) is 4.22. The molecule has 0 aliphatic carbocycles. The number of hydrogen-bond acceptors (Lipinski definition) is 5. The summed E-state index contributed by atoms with van der Waals surface area (Å²) in [6.45, 7) is 1.61. The Morgan fingerprint density at radius 3 is 2.79 bits per heavy atom. The average Bonchev–Trinajstić information content (AvgIpc) is 3.24. The Bertz CT molecular complexity index is 1250. The first-order valence-corrected chi connectivity index (χ1v) is 8.40. The molecule has 0 aliphatic heterocycles. The third-order valence-corrected chi connectivity index (χ3v) is 4.22. The second-order valence-corrected chi connectivity index (χ2v) is 6.36. The molecule has 1 amide bonds. The molecule has 3 aromatic heterocycles. The van der Waals surface area contributed by atoms with E-state index in [9.17, 15) is 14.0 Å². The second-order valence-electron chi connectivity index (χ2n) is 6.36. The van der Waals surface area contributed by atoms with Crippen LogP contribution in [0.3, 0.4) is 0 Å². The molecule has 0 saturated carbocycles. The SMILES string of the molecule is Cc1cnn(-c2ccc(NC(=O)Cn3cnc4c(cnn4C)c3=O)cc2F)c1. The van der Waals surface area contributed by atoms with E-state index in [-0.39, 0.29) is 23.5 Å². The second kappa shape index (κ2) is 6.72. The van der Waals surface area contributed by atoms with Gasteiger partial charge in [0.2, 0.25) is 5.91 Å². The zero-order valence-corrected chi connectivity index (χ0v) is 15.1. The van der Waals surface area contributed by atoms with E-state index in [0.717, 1.165) is 5.56 Å². The van der Waals surface area contributed by atoms with Gasteiger partial charge in [-0.05, 0) is 30.7 Å². The largest absolute Gasteiger partial charge is 0.324 e. The van der Waals surface area contributed by atoms with Gasteiger partial charge in [-0.25, -0.2) is 14.1 Å². The highest BCUT2D eigenvalue weighted by molar-refractivity contribution is 5.90. The lowest BCUT2D eigenvalue weighted by Gasteiger charge is -2.09. The van der Waals surface area contributed by atoms with Crippen molar-refractivity contribution in [3.8, 4) is 5.69 Å². The quantitative estimate of drug-likeness (QED) is 0.576. The number of anilines is 1. The van der Waals surface area contributed by atoms with Crippen molar-refractivity contribution >= 4 is 22.6 Å². The highest BCUT2D eigenvalue weighted by Crippen LogP contribution is 2.18. The van der Waals surface area contributed by atoms with Gasteiger partial charge in [-0.1, -0.05) is 0 Å². The number of benzene rings is 1. The van der Waals surface area contributed by atoms with Crippen molar-refractivity contribution in [3.63, 3.8) is 0 Å². The van der Waals surface area contributed by atoms with Crippen LogP contribution in [0.4, 0.5) is 10.1 Å². The van der Waals surface area contributed by atoms with E-state index in [1.165, 1.54) is 38.6 Å². The Morgan fingerprint density at radius 1 is 1.25 bits per heavy atom. The number of amides is 1. The lowest BCUT2D eigenvalue weighted by molar-refractivity contribution is -0.116. The minimum atomic E-state index is -0.531. The highest BCUT2D eigenvalue weighted by atomic mass is 19.1.